The van der Waals surface area contributed by atoms with E-state index in [1.54, 1.807) is 24.4 Å². The van der Waals surface area contributed by atoms with Crippen LogP contribution in [-0.4, -0.2) is 17.9 Å². The minimum absolute atomic E-state index is 0.243. The summed E-state index contributed by atoms with van der Waals surface area (Å²) in [5.74, 6) is -0.243. The Bertz CT molecular complexity index is 895. The number of carbonyl (C=O) groups excluding carboxylic acids is 1. The van der Waals surface area contributed by atoms with Gasteiger partial charge in [0.2, 0.25) is 0 Å². The summed E-state index contributed by atoms with van der Waals surface area (Å²) < 4.78 is 0. The average Bonchev–Trinajstić information content (AvgIpc) is 2.65. The van der Waals surface area contributed by atoms with Gasteiger partial charge in [-0.1, -0.05) is 41.9 Å². The van der Waals surface area contributed by atoms with Gasteiger partial charge in [-0.05, 0) is 48.4 Å². The van der Waals surface area contributed by atoms with Gasteiger partial charge in [-0.3, -0.25) is 4.79 Å². The molecule has 0 aliphatic heterocycles. The second-order valence-electron chi connectivity index (χ2n) is 6.16. The van der Waals surface area contributed by atoms with Gasteiger partial charge in [0.15, 0.2) is 0 Å². The van der Waals surface area contributed by atoms with Crippen LogP contribution in [0.3, 0.4) is 0 Å². The highest BCUT2D eigenvalue weighted by molar-refractivity contribution is 6.30. The van der Waals surface area contributed by atoms with Gasteiger partial charge >= 0.3 is 0 Å². The van der Waals surface area contributed by atoms with Crippen molar-refractivity contribution >= 4 is 28.9 Å². The highest BCUT2D eigenvalue weighted by Crippen LogP contribution is 2.20. The van der Waals surface area contributed by atoms with E-state index in [0.29, 0.717) is 10.7 Å². The number of pyridine rings is 1. The molecule has 3 aromatic rings. The maximum absolute atomic E-state index is 12.4. The van der Waals surface area contributed by atoms with Crippen molar-refractivity contribution in [2.24, 2.45) is 0 Å². The second kappa shape index (κ2) is 8.02. The summed E-state index contributed by atoms with van der Waals surface area (Å²) in [6.07, 6.45) is 1.71. The Balaban J connectivity index is 1.67. The number of nitrogens with zero attached hydrogens (tertiary/aromatic N) is 2. The van der Waals surface area contributed by atoms with Crippen molar-refractivity contribution < 1.29 is 4.79 Å². The molecule has 2 aromatic carbocycles. The van der Waals surface area contributed by atoms with E-state index in [-0.39, 0.29) is 5.91 Å². The number of rotatable bonds is 5. The van der Waals surface area contributed by atoms with Gasteiger partial charge in [-0.2, -0.15) is 0 Å². The van der Waals surface area contributed by atoms with Gasteiger partial charge < -0.3 is 10.2 Å². The maximum atomic E-state index is 12.4. The molecule has 0 atom stereocenters. The predicted octanol–water partition coefficient (Wildman–Crippen LogP) is 4.93. The molecule has 0 radical (unpaired) electrons. The third-order valence-corrected chi connectivity index (χ3v) is 4.36. The van der Waals surface area contributed by atoms with E-state index in [1.165, 1.54) is 5.56 Å². The molecular formula is C21H20ClN3O. The highest BCUT2D eigenvalue weighted by atomic mass is 35.5. The number of hydrogen-bond acceptors (Lipinski definition) is 3. The Hall–Kier alpha value is -2.85. The lowest BCUT2D eigenvalue weighted by Gasteiger charge is -2.19. The van der Waals surface area contributed by atoms with E-state index in [1.807, 2.05) is 44.3 Å². The molecule has 0 saturated heterocycles. The van der Waals surface area contributed by atoms with E-state index in [0.717, 1.165) is 23.5 Å². The Morgan fingerprint density at radius 2 is 1.88 bits per heavy atom. The summed E-state index contributed by atoms with van der Waals surface area (Å²) in [7, 11) is 2.00. The average molecular weight is 366 g/mol. The van der Waals surface area contributed by atoms with E-state index >= 15 is 0 Å². The molecule has 0 unspecified atom stereocenters. The zero-order valence-electron chi connectivity index (χ0n) is 14.7. The maximum Gasteiger partial charge on any atom is 0.274 e. The van der Waals surface area contributed by atoms with E-state index in [2.05, 4.69) is 27.3 Å². The van der Waals surface area contributed by atoms with Crippen molar-refractivity contribution in [2.75, 3.05) is 17.3 Å². The summed E-state index contributed by atoms with van der Waals surface area (Å²) in [5, 5.41) is 3.51. The molecule has 0 fully saturated rings. The molecule has 26 heavy (non-hydrogen) atoms. The predicted molar refractivity (Wildman–Crippen MR) is 107 cm³/mol. The number of nitrogens with one attached hydrogen (secondary N) is 1. The Kier molecular flexibility index (Phi) is 5.54. The summed E-state index contributed by atoms with van der Waals surface area (Å²) in [4.78, 5) is 18.8. The molecule has 5 heteroatoms. The molecule has 0 bridgehead atoms. The zero-order chi connectivity index (χ0) is 18.5. The van der Waals surface area contributed by atoms with Crippen LogP contribution < -0.4 is 10.2 Å². The number of halogens is 1. The van der Waals surface area contributed by atoms with Crippen LogP contribution in [-0.2, 0) is 6.54 Å². The van der Waals surface area contributed by atoms with Gasteiger partial charge in [0.25, 0.3) is 5.91 Å². The fourth-order valence-corrected chi connectivity index (χ4v) is 2.88. The Morgan fingerprint density at radius 3 is 2.54 bits per heavy atom. The number of hydrogen-bond donors (Lipinski definition) is 1. The molecule has 4 nitrogen and oxygen atoms in total. The van der Waals surface area contributed by atoms with E-state index in [4.69, 9.17) is 11.6 Å². The molecule has 1 amide bonds. The minimum atomic E-state index is -0.243. The number of benzene rings is 2. The molecule has 1 aromatic heterocycles. The first kappa shape index (κ1) is 18.0. The minimum Gasteiger partial charge on any atom is -0.369 e. The van der Waals surface area contributed by atoms with Crippen LogP contribution in [0.2, 0.25) is 5.02 Å². The van der Waals surface area contributed by atoms with Crippen LogP contribution in [0.15, 0.2) is 66.9 Å². The summed E-state index contributed by atoms with van der Waals surface area (Å²) >= 11 is 5.95. The van der Waals surface area contributed by atoms with Crippen LogP contribution in [0.1, 0.15) is 21.6 Å². The van der Waals surface area contributed by atoms with Crippen molar-refractivity contribution in [1.82, 2.24) is 4.98 Å². The fourth-order valence-electron chi connectivity index (χ4n) is 2.65. The van der Waals surface area contributed by atoms with Gasteiger partial charge in [0.1, 0.15) is 5.69 Å². The second-order valence-corrected chi connectivity index (χ2v) is 6.59. The lowest BCUT2D eigenvalue weighted by molar-refractivity contribution is 0.102. The summed E-state index contributed by atoms with van der Waals surface area (Å²) in [5.41, 5.74) is 4.18. The van der Waals surface area contributed by atoms with Crippen LogP contribution in [0, 0.1) is 6.92 Å². The monoisotopic (exact) mass is 365 g/mol. The lowest BCUT2D eigenvalue weighted by Crippen LogP contribution is -2.18. The molecule has 0 saturated carbocycles. The van der Waals surface area contributed by atoms with Gasteiger partial charge in [0.05, 0.1) is 11.9 Å². The smallest absolute Gasteiger partial charge is 0.274 e. The van der Waals surface area contributed by atoms with Crippen LogP contribution in [0.25, 0.3) is 0 Å². The largest absolute Gasteiger partial charge is 0.369 e. The molecular weight excluding hydrogens is 346 g/mol. The molecule has 0 aliphatic rings. The van der Waals surface area contributed by atoms with E-state index in [9.17, 15) is 4.79 Å². The summed E-state index contributed by atoms with van der Waals surface area (Å²) in [6.45, 7) is 2.68. The molecule has 1 N–H and O–H groups in total. The van der Waals surface area contributed by atoms with Crippen LogP contribution >= 0.6 is 11.6 Å². The molecule has 132 valence electrons. The quantitative estimate of drug-likeness (QED) is 0.697. The lowest BCUT2D eigenvalue weighted by atomic mass is 10.2. The molecule has 3 rings (SSSR count). The molecule has 0 spiro atoms. The van der Waals surface area contributed by atoms with Crippen molar-refractivity contribution in [3.05, 3.63) is 88.7 Å². The Morgan fingerprint density at radius 1 is 1.12 bits per heavy atom. The number of carbonyl (C=O) groups is 1. The summed E-state index contributed by atoms with van der Waals surface area (Å²) in [6, 6.07) is 19.2. The van der Waals surface area contributed by atoms with Gasteiger partial charge in [0, 0.05) is 24.3 Å². The van der Waals surface area contributed by atoms with Gasteiger partial charge in [-0.15, -0.1) is 0 Å². The van der Waals surface area contributed by atoms with Crippen molar-refractivity contribution in [3.63, 3.8) is 0 Å². The number of aryl methyl sites for hydroxylation is 1. The normalized spacial score (nSPS) is 10.4. The molecule has 1 heterocycles. The number of aromatic nitrogens is 1. The first-order valence-corrected chi connectivity index (χ1v) is 8.69. The Labute approximate surface area is 158 Å². The highest BCUT2D eigenvalue weighted by Gasteiger charge is 2.10. The van der Waals surface area contributed by atoms with Crippen molar-refractivity contribution in [3.8, 4) is 0 Å². The zero-order valence-corrected chi connectivity index (χ0v) is 15.5. The fraction of sp³-hybridized carbons (Fsp3) is 0.143. The number of amides is 1. The van der Waals surface area contributed by atoms with Crippen LogP contribution in [0.5, 0.6) is 0 Å². The first-order chi connectivity index (χ1) is 12.5. The van der Waals surface area contributed by atoms with E-state index < -0.39 is 0 Å². The van der Waals surface area contributed by atoms with Crippen molar-refractivity contribution in [1.29, 1.82) is 0 Å². The number of anilines is 2. The standard InChI is InChI=1S/C21H20ClN3O/c1-15-12-17(22)8-10-19(15)24-21(26)20-11-9-18(13-23-20)25(2)14-16-6-4-3-5-7-16/h3-13H,14H2,1-2H3,(H,24,26). The molecule has 0 aliphatic carbocycles. The van der Waals surface area contributed by atoms with Gasteiger partial charge in [-0.25, -0.2) is 4.98 Å². The SMILES string of the molecule is Cc1cc(Cl)ccc1NC(=O)c1ccc(N(C)Cc2ccccc2)cn1. The first-order valence-electron chi connectivity index (χ1n) is 8.31. The third kappa shape index (κ3) is 4.41. The third-order valence-electron chi connectivity index (χ3n) is 4.12. The van der Waals surface area contributed by atoms with Crippen LogP contribution in [0.4, 0.5) is 11.4 Å². The van der Waals surface area contributed by atoms with Crippen molar-refractivity contribution in [2.45, 2.75) is 13.5 Å². The topological polar surface area (TPSA) is 45.2 Å².